The number of hydrogen-bond acceptors (Lipinski definition) is 0. The maximum atomic E-state index is 14.6. The van der Waals surface area contributed by atoms with E-state index in [-0.39, 0.29) is 5.82 Å². The molecular weight excluding hydrogens is 379 g/mol. The average molecular weight is 395 g/mol. The standard InChI is InChI=1S/C27H16ClF/c28-19-12-14-25-22(15-19)21-6-2-4-8-24(21)27(25)23-7-3-1-5-17(23)9-10-18-11-13-20(29)16-26(18)27/h1-16H. The fraction of sp³-hybridized carbons (Fsp3) is 0.0370. The van der Waals surface area contributed by atoms with Crippen LogP contribution >= 0.6 is 11.6 Å². The molecule has 4 aromatic carbocycles. The van der Waals surface area contributed by atoms with Crippen LogP contribution in [0.3, 0.4) is 0 Å². The van der Waals surface area contributed by atoms with E-state index in [1.54, 1.807) is 6.07 Å². The number of benzene rings is 4. The smallest absolute Gasteiger partial charge is 0.123 e. The van der Waals surface area contributed by atoms with E-state index in [0.717, 1.165) is 38.9 Å². The van der Waals surface area contributed by atoms with Crippen LogP contribution in [0.15, 0.2) is 84.9 Å². The lowest BCUT2D eigenvalue weighted by atomic mass is 9.66. The van der Waals surface area contributed by atoms with E-state index < -0.39 is 5.41 Å². The molecule has 2 aliphatic carbocycles. The van der Waals surface area contributed by atoms with Crippen molar-refractivity contribution in [3.8, 4) is 11.1 Å². The fourth-order valence-electron chi connectivity index (χ4n) is 5.14. The molecule has 2 heteroatoms. The zero-order chi connectivity index (χ0) is 19.6. The van der Waals surface area contributed by atoms with Crippen LogP contribution in [0, 0.1) is 5.82 Å². The molecule has 0 fully saturated rings. The Balaban J connectivity index is 1.88. The lowest BCUT2D eigenvalue weighted by molar-refractivity contribution is 0.620. The predicted molar refractivity (Wildman–Crippen MR) is 118 cm³/mol. The number of rotatable bonds is 0. The van der Waals surface area contributed by atoms with Crippen LogP contribution in [0.4, 0.5) is 4.39 Å². The van der Waals surface area contributed by atoms with Crippen LogP contribution in [0.25, 0.3) is 23.3 Å². The second kappa shape index (κ2) is 5.92. The van der Waals surface area contributed by atoms with Crippen molar-refractivity contribution in [2.24, 2.45) is 0 Å². The normalized spacial score (nSPS) is 18.0. The van der Waals surface area contributed by atoms with E-state index in [0.29, 0.717) is 5.02 Å². The molecule has 0 aliphatic heterocycles. The van der Waals surface area contributed by atoms with Crippen molar-refractivity contribution in [1.29, 1.82) is 0 Å². The minimum atomic E-state index is -0.589. The summed E-state index contributed by atoms with van der Waals surface area (Å²) in [6, 6.07) is 28.0. The van der Waals surface area contributed by atoms with E-state index in [4.69, 9.17) is 11.6 Å². The molecule has 6 rings (SSSR count). The maximum Gasteiger partial charge on any atom is 0.123 e. The van der Waals surface area contributed by atoms with Gasteiger partial charge in [0.15, 0.2) is 0 Å². The lowest BCUT2D eigenvalue weighted by Crippen LogP contribution is -2.30. The van der Waals surface area contributed by atoms with Crippen molar-refractivity contribution in [1.82, 2.24) is 0 Å². The van der Waals surface area contributed by atoms with Gasteiger partial charge in [0.05, 0.1) is 5.41 Å². The molecule has 1 unspecified atom stereocenters. The molecular formula is C27H16ClF. The van der Waals surface area contributed by atoms with Crippen LogP contribution in [-0.2, 0) is 5.41 Å². The SMILES string of the molecule is Fc1ccc2c(c1)C1(c3ccccc3C=C2)c2ccccc2-c2cc(Cl)ccc21. The fourth-order valence-corrected chi connectivity index (χ4v) is 5.32. The van der Waals surface area contributed by atoms with Crippen LogP contribution in [0.1, 0.15) is 33.4 Å². The summed E-state index contributed by atoms with van der Waals surface area (Å²) in [7, 11) is 0. The third-order valence-electron chi connectivity index (χ3n) is 6.23. The Morgan fingerprint density at radius 2 is 1.28 bits per heavy atom. The molecule has 0 nitrogen and oxygen atoms in total. The Labute approximate surface area is 173 Å². The minimum Gasteiger partial charge on any atom is -0.207 e. The summed E-state index contributed by atoms with van der Waals surface area (Å²) in [6.07, 6.45) is 4.23. The first-order chi connectivity index (χ1) is 14.2. The van der Waals surface area contributed by atoms with Crippen molar-refractivity contribution >= 4 is 23.8 Å². The van der Waals surface area contributed by atoms with Gasteiger partial charge in [-0.25, -0.2) is 4.39 Å². The van der Waals surface area contributed by atoms with Crippen molar-refractivity contribution in [3.63, 3.8) is 0 Å². The molecule has 0 N–H and O–H groups in total. The summed E-state index contributed by atoms with van der Waals surface area (Å²) in [5, 5.41) is 0.704. The van der Waals surface area contributed by atoms with Crippen molar-refractivity contribution in [2.75, 3.05) is 0 Å². The highest BCUT2D eigenvalue weighted by atomic mass is 35.5. The Morgan fingerprint density at radius 1 is 0.586 bits per heavy atom. The van der Waals surface area contributed by atoms with Gasteiger partial charge >= 0.3 is 0 Å². The van der Waals surface area contributed by atoms with Gasteiger partial charge in [0.1, 0.15) is 5.82 Å². The first kappa shape index (κ1) is 16.8. The van der Waals surface area contributed by atoms with E-state index in [1.807, 2.05) is 18.2 Å². The molecule has 138 valence electrons. The molecule has 0 saturated carbocycles. The Kier molecular flexibility index (Phi) is 3.42. The van der Waals surface area contributed by atoms with Crippen LogP contribution < -0.4 is 0 Å². The van der Waals surface area contributed by atoms with Crippen LogP contribution in [0.2, 0.25) is 5.02 Å². The molecule has 4 aromatic rings. The largest absolute Gasteiger partial charge is 0.207 e. The quantitative estimate of drug-likeness (QED) is 0.253. The molecule has 2 aliphatic rings. The number of fused-ring (bicyclic) bond motifs is 9. The summed E-state index contributed by atoms with van der Waals surface area (Å²) in [5.41, 5.74) is 8.28. The minimum absolute atomic E-state index is 0.226. The van der Waals surface area contributed by atoms with Gasteiger partial charge in [-0.05, 0) is 68.8 Å². The summed E-state index contributed by atoms with van der Waals surface area (Å²) < 4.78 is 14.6. The molecule has 0 radical (unpaired) electrons. The van der Waals surface area contributed by atoms with Gasteiger partial charge in [-0.15, -0.1) is 0 Å². The third kappa shape index (κ3) is 2.14. The number of halogens is 2. The van der Waals surface area contributed by atoms with Gasteiger partial charge in [-0.1, -0.05) is 84.4 Å². The molecule has 1 spiro atoms. The molecule has 0 saturated heterocycles. The molecule has 0 bridgehead atoms. The highest BCUT2D eigenvalue weighted by Crippen LogP contribution is 2.58. The Bertz CT molecular complexity index is 1330. The first-order valence-corrected chi connectivity index (χ1v) is 10.0. The molecule has 0 aromatic heterocycles. The number of hydrogen-bond donors (Lipinski definition) is 0. The van der Waals surface area contributed by atoms with Gasteiger partial charge < -0.3 is 0 Å². The second-order valence-corrected chi connectivity index (χ2v) is 8.07. The monoisotopic (exact) mass is 394 g/mol. The van der Waals surface area contributed by atoms with Crippen molar-refractivity contribution in [3.05, 3.63) is 129 Å². The lowest BCUT2D eigenvalue weighted by Gasteiger charge is -2.35. The molecule has 1 atom stereocenters. The van der Waals surface area contributed by atoms with E-state index in [1.165, 1.54) is 11.6 Å². The van der Waals surface area contributed by atoms with Crippen LogP contribution in [0.5, 0.6) is 0 Å². The van der Waals surface area contributed by atoms with E-state index >= 15 is 0 Å². The van der Waals surface area contributed by atoms with Gasteiger partial charge in [0, 0.05) is 5.02 Å². The maximum absolute atomic E-state index is 14.6. The molecule has 0 amide bonds. The van der Waals surface area contributed by atoms with Gasteiger partial charge in [0.2, 0.25) is 0 Å². The van der Waals surface area contributed by atoms with Gasteiger partial charge in [-0.2, -0.15) is 0 Å². The Hall–Kier alpha value is -3.16. The highest BCUT2D eigenvalue weighted by molar-refractivity contribution is 6.31. The third-order valence-corrected chi connectivity index (χ3v) is 6.47. The summed E-state index contributed by atoms with van der Waals surface area (Å²) in [6.45, 7) is 0. The first-order valence-electron chi connectivity index (χ1n) is 9.67. The highest BCUT2D eigenvalue weighted by Gasteiger charge is 2.48. The summed E-state index contributed by atoms with van der Waals surface area (Å²) in [5.74, 6) is -0.226. The summed E-state index contributed by atoms with van der Waals surface area (Å²) in [4.78, 5) is 0. The van der Waals surface area contributed by atoms with Crippen molar-refractivity contribution < 1.29 is 4.39 Å². The zero-order valence-corrected chi connectivity index (χ0v) is 16.2. The van der Waals surface area contributed by atoms with Crippen LogP contribution in [-0.4, -0.2) is 0 Å². The average Bonchev–Trinajstić information content (AvgIpc) is 2.94. The molecule has 29 heavy (non-hydrogen) atoms. The van der Waals surface area contributed by atoms with E-state index in [9.17, 15) is 4.39 Å². The Morgan fingerprint density at radius 3 is 2.14 bits per heavy atom. The van der Waals surface area contributed by atoms with Crippen molar-refractivity contribution in [2.45, 2.75) is 5.41 Å². The second-order valence-electron chi connectivity index (χ2n) is 7.64. The summed E-state index contributed by atoms with van der Waals surface area (Å²) >= 11 is 6.40. The molecule has 0 heterocycles. The topological polar surface area (TPSA) is 0 Å². The van der Waals surface area contributed by atoms with E-state index in [2.05, 4.69) is 66.7 Å². The van der Waals surface area contributed by atoms with Gasteiger partial charge in [-0.3, -0.25) is 0 Å². The van der Waals surface area contributed by atoms with Gasteiger partial charge in [0.25, 0.3) is 0 Å². The predicted octanol–water partition coefficient (Wildman–Crippen LogP) is 7.33. The zero-order valence-electron chi connectivity index (χ0n) is 15.5.